The van der Waals surface area contributed by atoms with Crippen molar-refractivity contribution in [3.63, 3.8) is 0 Å². The number of anilines is 1. The average molecular weight is 489 g/mol. The Labute approximate surface area is 199 Å². The third-order valence-corrected chi connectivity index (χ3v) is 6.62. The van der Waals surface area contributed by atoms with Gasteiger partial charge in [0.15, 0.2) is 22.5 Å². The van der Waals surface area contributed by atoms with E-state index in [1.54, 1.807) is 12.4 Å². The zero-order valence-electron chi connectivity index (χ0n) is 19.0. The third-order valence-electron chi connectivity index (χ3n) is 6.03. The maximum absolute atomic E-state index is 11.1. The summed E-state index contributed by atoms with van der Waals surface area (Å²) in [4.78, 5) is 24.9. The molecular weight excluding hydrogens is 460 g/mol. The third kappa shape index (κ3) is 5.18. The molecule has 0 aromatic carbocycles. The molecule has 0 saturated carbocycles. The van der Waals surface area contributed by atoms with Crippen LogP contribution in [0.2, 0.25) is 0 Å². The highest BCUT2D eigenvalue weighted by Crippen LogP contribution is 2.26. The summed E-state index contributed by atoms with van der Waals surface area (Å²) in [6, 6.07) is 0.313. The summed E-state index contributed by atoms with van der Waals surface area (Å²) in [7, 11) is 1.54. The second-order valence-electron chi connectivity index (χ2n) is 8.32. The van der Waals surface area contributed by atoms with Gasteiger partial charge < -0.3 is 23.3 Å². The van der Waals surface area contributed by atoms with Crippen molar-refractivity contribution < 1.29 is 18.2 Å². The fraction of sp³-hybridized carbons (Fsp3) is 0.524. The molecule has 2 aliphatic rings. The molecule has 5 rings (SSSR count). The molecule has 3 aromatic heterocycles. The van der Waals surface area contributed by atoms with Crippen LogP contribution in [0.1, 0.15) is 5.69 Å². The van der Waals surface area contributed by atoms with Crippen LogP contribution in [-0.2, 0) is 22.4 Å². The Morgan fingerprint density at radius 1 is 1.03 bits per heavy atom. The highest BCUT2D eigenvalue weighted by Gasteiger charge is 2.22. The number of hydrogen-bond donors (Lipinski definition) is 1. The number of hydrogen-bond acceptors (Lipinski definition) is 10. The van der Waals surface area contributed by atoms with Crippen LogP contribution in [0.4, 0.5) is 5.82 Å². The van der Waals surface area contributed by atoms with Crippen LogP contribution >= 0.6 is 0 Å². The van der Waals surface area contributed by atoms with Gasteiger partial charge in [0.25, 0.3) is 0 Å². The summed E-state index contributed by atoms with van der Waals surface area (Å²) in [5, 5.41) is 0. The molecule has 34 heavy (non-hydrogen) atoms. The maximum atomic E-state index is 11.1. The van der Waals surface area contributed by atoms with E-state index in [1.807, 2.05) is 21.7 Å². The highest BCUT2D eigenvalue weighted by atomic mass is 32.2. The van der Waals surface area contributed by atoms with E-state index < -0.39 is 11.1 Å². The number of piperazine rings is 1. The van der Waals surface area contributed by atoms with Gasteiger partial charge in [-0.1, -0.05) is 0 Å². The molecular formula is C21H28N8O4S. The van der Waals surface area contributed by atoms with Gasteiger partial charge in [0.2, 0.25) is 0 Å². The predicted octanol–water partition coefficient (Wildman–Crippen LogP) is 0.328. The van der Waals surface area contributed by atoms with Crippen molar-refractivity contribution in [1.29, 1.82) is 0 Å². The van der Waals surface area contributed by atoms with Gasteiger partial charge in [0.05, 0.1) is 31.7 Å². The second-order valence-corrected chi connectivity index (χ2v) is 9.22. The molecule has 0 spiro atoms. The molecule has 0 bridgehead atoms. The van der Waals surface area contributed by atoms with E-state index in [2.05, 4.69) is 19.8 Å². The molecule has 1 atom stereocenters. The summed E-state index contributed by atoms with van der Waals surface area (Å²) in [6.07, 6.45) is 7.42. The number of imidazole rings is 1. The molecule has 3 aromatic rings. The standard InChI is InChI=1S/C21H28N8O4S/c1-32-21-22-10-16(11-23-21)18-14-29-13-17(12-26-2-4-27(5-3-26)15-34(30)31)24-19(29)20(25-18)28-6-8-33-9-7-28/h10-11,13-14H,2-9,12,15H2,1H3,(H,30,31). The van der Waals surface area contributed by atoms with Gasteiger partial charge in [-0.3, -0.25) is 9.80 Å². The summed E-state index contributed by atoms with van der Waals surface area (Å²) in [5.41, 5.74) is 3.32. The topological polar surface area (TPSA) is 121 Å². The number of ether oxygens (including phenoxy) is 2. The highest BCUT2D eigenvalue weighted by molar-refractivity contribution is 7.79. The number of methoxy groups -OCH3 is 1. The molecule has 182 valence electrons. The lowest BCUT2D eigenvalue weighted by molar-refractivity contribution is 0.122. The Bertz CT molecular complexity index is 1140. The van der Waals surface area contributed by atoms with Crippen LogP contribution in [0.3, 0.4) is 0 Å². The number of fused-ring (bicyclic) bond motifs is 1. The quantitative estimate of drug-likeness (QED) is 0.463. The van der Waals surface area contributed by atoms with E-state index in [0.29, 0.717) is 25.8 Å². The molecule has 12 nitrogen and oxygen atoms in total. The predicted molar refractivity (Wildman–Crippen MR) is 126 cm³/mol. The van der Waals surface area contributed by atoms with Crippen LogP contribution in [0, 0.1) is 0 Å². The first-order valence-electron chi connectivity index (χ1n) is 11.2. The summed E-state index contributed by atoms with van der Waals surface area (Å²) in [6.45, 7) is 6.71. The van der Waals surface area contributed by atoms with Gasteiger partial charge in [0, 0.05) is 76.2 Å². The zero-order chi connectivity index (χ0) is 23.5. The number of morpholine rings is 1. The summed E-state index contributed by atoms with van der Waals surface area (Å²) < 4.78 is 32.8. The van der Waals surface area contributed by atoms with Gasteiger partial charge in [-0.05, 0) is 0 Å². The normalized spacial score (nSPS) is 18.9. The van der Waals surface area contributed by atoms with E-state index in [-0.39, 0.29) is 5.88 Å². The first-order chi connectivity index (χ1) is 16.6. The van der Waals surface area contributed by atoms with Gasteiger partial charge in [-0.2, -0.15) is 0 Å². The Kier molecular flexibility index (Phi) is 6.97. The second kappa shape index (κ2) is 10.3. The van der Waals surface area contributed by atoms with Crippen LogP contribution in [-0.4, -0.2) is 108 Å². The van der Waals surface area contributed by atoms with E-state index >= 15 is 0 Å². The van der Waals surface area contributed by atoms with E-state index in [0.717, 1.165) is 67.7 Å². The number of rotatable bonds is 7. The summed E-state index contributed by atoms with van der Waals surface area (Å²) in [5.74, 6) is 1.02. The fourth-order valence-corrected chi connectivity index (χ4v) is 4.82. The Hall–Kier alpha value is -2.71. The minimum absolute atomic E-state index is 0.203. The SMILES string of the molecule is COc1ncc(-c2cn3cc(CN4CCN(CS(=O)O)CC4)nc3c(N3CCOCC3)n2)cn1. The van der Waals surface area contributed by atoms with Crippen LogP contribution < -0.4 is 9.64 Å². The van der Waals surface area contributed by atoms with Gasteiger partial charge >= 0.3 is 6.01 Å². The fourth-order valence-electron chi connectivity index (χ4n) is 4.25. The molecule has 0 aliphatic carbocycles. The lowest BCUT2D eigenvalue weighted by Crippen LogP contribution is -2.46. The minimum atomic E-state index is -1.79. The molecule has 5 heterocycles. The average Bonchev–Trinajstić information content (AvgIpc) is 3.27. The van der Waals surface area contributed by atoms with Gasteiger partial charge in [-0.15, -0.1) is 0 Å². The Balaban J connectivity index is 1.42. The van der Waals surface area contributed by atoms with Crippen LogP contribution in [0.25, 0.3) is 16.9 Å². The molecule has 1 N–H and O–H groups in total. The molecule has 1 unspecified atom stereocenters. The lowest BCUT2D eigenvalue weighted by Gasteiger charge is -2.33. The lowest BCUT2D eigenvalue weighted by atomic mass is 10.2. The molecule has 13 heteroatoms. The van der Waals surface area contributed by atoms with Crippen molar-refractivity contribution in [3.8, 4) is 17.3 Å². The van der Waals surface area contributed by atoms with E-state index in [1.165, 1.54) is 7.11 Å². The Morgan fingerprint density at radius 3 is 2.41 bits per heavy atom. The molecule has 2 aliphatic heterocycles. The van der Waals surface area contributed by atoms with Crippen LogP contribution in [0.15, 0.2) is 24.8 Å². The molecule has 0 radical (unpaired) electrons. The first kappa shape index (κ1) is 23.1. The summed E-state index contributed by atoms with van der Waals surface area (Å²) >= 11 is -1.79. The Morgan fingerprint density at radius 2 is 1.74 bits per heavy atom. The van der Waals surface area contributed by atoms with E-state index in [9.17, 15) is 4.21 Å². The van der Waals surface area contributed by atoms with Crippen molar-refractivity contribution >= 4 is 22.5 Å². The molecule has 2 saturated heterocycles. The molecule has 2 fully saturated rings. The van der Waals surface area contributed by atoms with Crippen molar-refractivity contribution in [2.45, 2.75) is 6.54 Å². The molecule has 0 amide bonds. The zero-order valence-corrected chi connectivity index (χ0v) is 19.9. The van der Waals surface area contributed by atoms with E-state index in [4.69, 9.17) is 24.0 Å². The first-order valence-corrected chi connectivity index (χ1v) is 12.5. The number of aromatic nitrogens is 5. The van der Waals surface area contributed by atoms with Gasteiger partial charge in [-0.25, -0.2) is 24.1 Å². The van der Waals surface area contributed by atoms with Crippen molar-refractivity contribution in [1.82, 2.24) is 34.1 Å². The van der Waals surface area contributed by atoms with Gasteiger partial charge in [0.1, 0.15) is 5.88 Å². The number of nitrogens with zero attached hydrogens (tertiary/aromatic N) is 8. The minimum Gasteiger partial charge on any atom is -0.467 e. The smallest absolute Gasteiger partial charge is 0.316 e. The van der Waals surface area contributed by atoms with Crippen molar-refractivity contribution in [3.05, 3.63) is 30.5 Å². The van der Waals surface area contributed by atoms with Crippen molar-refractivity contribution in [2.75, 3.05) is 70.4 Å². The van der Waals surface area contributed by atoms with Crippen LogP contribution in [0.5, 0.6) is 6.01 Å². The van der Waals surface area contributed by atoms with Crippen molar-refractivity contribution in [2.24, 2.45) is 0 Å². The monoisotopic (exact) mass is 488 g/mol. The largest absolute Gasteiger partial charge is 0.467 e. The maximum Gasteiger partial charge on any atom is 0.316 e.